The quantitative estimate of drug-likeness (QED) is 0.816. The Bertz CT molecular complexity index is 315. The highest BCUT2D eigenvalue weighted by molar-refractivity contribution is 4.97. The van der Waals surface area contributed by atoms with Crippen LogP contribution in [0.4, 0.5) is 0 Å². The predicted molar refractivity (Wildman–Crippen MR) is 61.0 cm³/mol. The summed E-state index contributed by atoms with van der Waals surface area (Å²) in [7, 11) is 0. The van der Waals surface area contributed by atoms with Gasteiger partial charge in [0.15, 0.2) is 5.76 Å². The summed E-state index contributed by atoms with van der Waals surface area (Å²) in [6.07, 6.45) is 7.07. The van der Waals surface area contributed by atoms with Crippen molar-refractivity contribution in [3.8, 4) is 0 Å². The Morgan fingerprint density at radius 2 is 2.38 bits per heavy atom. The molecule has 1 atom stereocenters. The molecule has 1 aromatic rings. The Morgan fingerprint density at radius 3 is 3.00 bits per heavy atom. The highest BCUT2D eigenvalue weighted by Crippen LogP contribution is 2.29. The fraction of sp³-hybridized carbons (Fsp3) is 0.750. The van der Waals surface area contributed by atoms with Crippen LogP contribution in [0.25, 0.3) is 0 Å². The summed E-state index contributed by atoms with van der Waals surface area (Å²) in [6, 6.07) is 3.44. The van der Waals surface area contributed by atoms with E-state index in [0.717, 1.165) is 24.9 Å². The molecule has 1 aliphatic heterocycles. The summed E-state index contributed by atoms with van der Waals surface area (Å²) in [5.41, 5.74) is 0. The summed E-state index contributed by atoms with van der Waals surface area (Å²) in [6.45, 7) is 3.26. The molecule has 16 heavy (non-hydrogen) atoms. The van der Waals surface area contributed by atoms with E-state index in [1.807, 2.05) is 6.07 Å². The van der Waals surface area contributed by atoms with Crippen LogP contribution < -0.4 is 5.32 Å². The molecule has 1 saturated carbocycles. The Hall–Kier alpha value is -0.870. The Balaban J connectivity index is 1.57. The summed E-state index contributed by atoms with van der Waals surface area (Å²) in [5, 5.41) is 7.33. The van der Waals surface area contributed by atoms with E-state index in [-0.39, 0.29) is 0 Å². The first-order valence-corrected chi connectivity index (χ1v) is 6.29. The van der Waals surface area contributed by atoms with Crippen LogP contribution in [0.5, 0.6) is 0 Å². The molecule has 0 aromatic carbocycles. The van der Waals surface area contributed by atoms with E-state index >= 15 is 0 Å². The topological polar surface area (TPSA) is 41.3 Å². The fourth-order valence-electron chi connectivity index (χ4n) is 2.50. The van der Waals surface area contributed by atoms with E-state index in [2.05, 4.69) is 15.4 Å². The lowest BCUT2D eigenvalue weighted by Gasteiger charge is -2.24. The maximum absolute atomic E-state index is 5.19. The van der Waals surface area contributed by atoms with Crippen LogP contribution in [-0.2, 0) is 6.54 Å². The van der Waals surface area contributed by atoms with E-state index in [0.29, 0.717) is 6.04 Å². The van der Waals surface area contributed by atoms with Gasteiger partial charge in [-0.2, -0.15) is 0 Å². The van der Waals surface area contributed by atoms with Crippen LogP contribution in [0, 0.1) is 0 Å². The first-order chi connectivity index (χ1) is 7.92. The summed E-state index contributed by atoms with van der Waals surface area (Å²) in [5.74, 6) is 0.991. The average molecular weight is 221 g/mol. The van der Waals surface area contributed by atoms with Gasteiger partial charge in [0.05, 0.1) is 12.7 Å². The lowest BCUT2D eigenvalue weighted by atomic mass is 10.2. The lowest BCUT2D eigenvalue weighted by Crippen LogP contribution is -2.38. The third-order valence-electron chi connectivity index (χ3n) is 3.53. The second-order valence-electron chi connectivity index (χ2n) is 4.93. The van der Waals surface area contributed by atoms with Crippen molar-refractivity contribution in [3.05, 3.63) is 18.0 Å². The minimum Gasteiger partial charge on any atom is -0.360 e. The van der Waals surface area contributed by atoms with Gasteiger partial charge in [-0.25, -0.2) is 0 Å². The molecular weight excluding hydrogens is 202 g/mol. The second kappa shape index (κ2) is 4.55. The zero-order valence-electron chi connectivity index (χ0n) is 9.56. The van der Waals surface area contributed by atoms with Crippen LogP contribution in [-0.4, -0.2) is 35.2 Å². The molecule has 1 unspecified atom stereocenters. The number of nitrogens with one attached hydrogen (secondary N) is 1. The van der Waals surface area contributed by atoms with Crippen LogP contribution in [0.2, 0.25) is 0 Å². The predicted octanol–water partition coefficient (Wildman–Crippen LogP) is 1.39. The van der Waals surface area contributed by atoms with Gasteiger partial charge in [0.1, 0.15) is 0 Å². The first kappa shape index (κ1) is 10.3. The van der Waals surface area contributed by atoms with Crippen molar-refractivity contribution < 1.29 is 4.52 Å². The molecule has 2 aliphatic rings. The first-order valence-electron chi connectivity index (χ1n) is 6.29. The van der Waals surface area contributed by atoms with Gasteiger partial charge in [-0.1, -0.05) is 5.16 Å². The highest BCUT2D eigenvalue weighted by Gasteiger charge is 2.31. The van der Waals surface area contributed by atoms with Crippen LogP contribution in [0.15, 0.2) is 16.8 Å². The zero-order valence-corrected chi connectivity index (χ0v) is 9.56. The Kier molecular flexibility index (Phi) is 2.93. The number of hydrogen-bond acceptors (Lipinski definition) is 4. The van der Waals surface area contributed by atoms with Crippen LogP contribution in [0.1, 0.15) is 31.4 Å². The number of aromatic nitrogens is 1. The molecule has 88 valence electrons. The molecule has 1 aromatic heterocycles. The molecule has 3 rings (SSSR count). The normalized spacial score (nSPS) is 25.4. The Morgan fingerprint density at radius 1 is 1.44 bits per heavy atom. The van der Waals surface area contributed by atoms with Gasteiger partial charge in [-0.3, -0.25) is 4.90 Å². The summed E-state index contributed by atoms with van der Waals surface area (Å²) < 4.78 is 5.19. The number of rotatable bonds is 5. The van der Waals surface area contributed by atoms with Crippen molar-refractivity contribution in [1.29, 1.82) is 0 Å². The van der Waals surface area contributed by atoms with Crippen molar-refractivity contribution in [1.82, 2.24) is 15.4 Å². The molecule has 4 nitrogen and oxygen atoms in total. The molecule has 0 bridgehead atoms. The maximum Gasteiger partial charge on any atom is 0.150 e. The van der Waals surface area contributed by atoms with Gasteiger partial charge in [-0.05, 0) is 32.2 Å². The summed E-state index contributed by atoms with van der Waals surface area (Å²) in [4.78, 5) is 2.55. The van der Waals surface area contributed by atoms with Crippen molar-refractivity contribution >= 4 is 0 Å². The number of nitrogens with zero attached hydrogens (tertiary/aromatic N) is 2. The van der Waals surface area contributed by atoms with E-state index in [4.69, 9.17) is 4.52 Å². The van der Waals surface area contributed by atoms with Crippen molar-refractivity contribution in [2.75, 3.05) is 13.1 Å². The van der Waals surface area contributed by atoms with E-state index in [9.17, 15) is 0 Å². The van der Waals surface area contributed by atoms with Gasteiger partial charge >= 0.3 is 0 Å². The molecule has 1 saturated heterocycles. The molecule has 2 fully saturated rings. The molecule has 0 amide bonds. The van der Waals surface area contributed by atoms with Crippen LogP contribution in [0.3, 0.4) is 0 Å². The Labute approximate surface area is 96.0 Å². The van der Waals surface area contributed by atoms with Crippen molar-refractivity contribution in [2.45, 2.75) is 44.3 Å². The van der Waals surface area contributed by atoms with Crippen LogP contribution >= 0.6 is 0 Å². The van der Waals surface area contributed by atoms with Crippen molar-refractivity contribution in [3.63, 3.8) is 0 Å². The molecule has 0 spiro atoms. The molecule has 2 heterocycles. The van der Waals surface area contributed by atoms with E-state index in [1.54, 1.807) is 6.20 Å². The molecular formula is C12H19N3O. The molecule has 4 heteroatoms. The molecule has 0 radical (unpaired) electrons. The minimum atomic E-state index is 0.684. The third-order valence-corrected chi connectivity index (χ3v) is 3.53. The van der Waals surface area contributed by atoms with E-state index < -0.39 is 0 Å². The van der Waals surface area contributed by atoms with Gasteiger partial charge in [0.2, 0.25) is 0 Å². The minimum absolute atomic E-state index is 0.684. The highest BCUT2D eigenvalue weighted by atomic mass is 16.5. The standard InChI is InChI=1S/C12H19N3O/c1-2-10(13-6-1)8-15(11-3-4-11)9-12-5-7-14-16-12/h5,7,10-11,13H,1-4,6,8-9H2. The summed E-state index contributed by atoms with van der Waals surface area (Å²) >= 11 is 0. The zero-order chi connectivity index (χ0) is 10.8. The van der Waals surface area contributed by atoms with Gasteiger partial charge in [-0.15, -0.1) is 0 Å². The van der Waals surface area contributed by atoms with Gasteiger partial charge < -0.3 is 9.84 Å². The molecule has 1 N–H and O–H groups in total. The average Bonchev–Trinajstić information content (AvgIpc) is 2.79. The van der Waals surface area contributed by atoms with Gasteiger partial charge in [0.25, 0.3) is 0 Å². The SMILES string of the molecule is c1cc(CN(CC2CCCN2)C2CC2)on1. The van der Waals surface area contributed by atoms with Gasteiger partial charge in [0, 0.05) is 24.7 Å². The third kappa shape index (κ3) is 2.44. The van der Waals surface area contributed by atoms with E-state index in [1.165, 1.54) is 32.2 Å². The largest absolute Gasteiger partial charge is 0.360 e. The molecule has 1 aliphatic carbocycles. The fourth-order valence-corrected chi connectivity index (χ4v) is 2.50. The maximum atomic E-state index is 5.19. The van der Waals surface area contributed by atoms with Crippen molar-refractivity contribution in [2.24, 2.45) is 0 Å². The number of hydrogen-bond donors (Lipinski definition) is 1. The second-order valence-corrected chi connectivity index (χ2v) is 4.93. The monoisotopic (exact) mass is 221 g/mol. The smallest absolute Gasteiger partial charge is 0.150 e. The lowest BCUT2D eigenvalue weighted by molar-refractivity contribution is 0.204.